The van der Waals surface area contributed by atoms with Crippen molar-refractivity contribution in [2.24, 2.45) is 0 Å². The first-order valence-electron chi connectivity index (χ1n) is 7.88. The van der Waals surface area contributed by atoms with Crippen LogP contribution in [0, 0.1) is 0 Å². The highest BCUT2D eigenvalue weighted by atomic mass is 32.2. The molecule has 2 amide bonds. The van der Waals surface area contributed by atoms with Gasteiger partial charge in [0.2, 0.25) is 0 Å². The summed E-state index contributed by atoms with van der Waals surface area (Å²) in [5.41, 5.74) is 0. The zero-order valence-electron chi connectivity index (χ0n) is 12.8. The molecule has 5 nitrogen and oxygen atoms in total. The normalized spacial score (nSPS) is 20.8. The lowest BCUT2D eigenvalue weighted by molar-refractivity contribution is -0.137. The van der Waals surface area contributed by atoms with Crippen molar-refractivity contribution in [1.82, 2.24) is 10.2 Å². The predicted octanol–water partition coefficient (Wildman–Crippen LogP) is 2.70. The van der Waals surface area contributed by atoms with Crippen molar-refractivity contribution in [3.05, 3.63) is 0 Å². The van der Waals surface area contributed by atoms with Gasteiger partial charge in [0.15, 0.2) is 0 Å². The second-order valence-corrected chi connectivity index (χ2v) is 7.45. The van der Waals surface area contributed by atoms with E-state index >= 15 is 0 Å². The summed E-state index contributed by atoms with van der Waals surface area (Å²) in [6.07, 6.45) is 10.2. The summed E-state index contributed by atoms with van der Waals surface area (Å²) >= 11 is 1.86. The summed E-state index contributed by atoms with van der Waals surface area (Å²) < 4.78 is 0.177. The topological polar surface area (TPSA) is 69.6 Å². The first kappa shape index (κ1) is 16.5. The van der Waals surface area contributed by atoms with E-state index in [2.05, 4.69) is 11.6 Å². The second-order valence-electron chi connectivity index (χ2n) is 6.17. The minimum atomic E-state index is -0.846. The van der Waals surface area contributed by atoms with Crippen LogP contribution in [0.25, 0.3) is 0 Å². The Balaban J connectivity index is 1.84. The molecule has 0 aliphatic heterocycles. The summed E-state index contributed by atoms with van der Waals surface area (Å²) in [6, 6.07) is 0.165. The minimum absolute atomic E-state index is 0.0254. The van der Waals surface area contributed by atoms with E-state index in [-0.39, 0.29) is 23.2 Å². The third-order valence-electron chi connectivity index (χ3n) is 4.57. The van der Waals surface area contributed by atoms with E-state index in [1.807, 2.05) is 11.8 Å². The SMILES string of the molecule is CSC1(CNC(=O)N(CCC(=O)O)C2CC2)CCCCC1. The van der Waals surface area contributed by atoms with Crippen molar-refractivity contribution in [3.8, 4) is 0 Å². The van der Waals surface area contributed by atoms with Gasteiger partial charge in [-0.2, -0.15) is 11.8 Å². The highest BCUT2D eigenvalue weighted by Gasteiger charge is 2.35. The Bertz CT molecular complexity index is 379. The predicted molar refractivity (Wildman–Crippen MR) is 84.7 cm³/mol. The van der Waals surface area contributed by atoms with Crippen LogP contribution in [-0.4, -0.2) is 52.1 Å². The molecule has 0 radical (unpaired) electrons. The summed E-state index contributed by atoms with van der Waals surface area (Å²) in [5.74, 6) is -0.846. The van der Waals surface area contributed by atoms with E-state index in [0.717, 1.165) is 25.7 Å². The number of nitrogens with one attached hydrogen (secondary N) is 1. The molecule has 0 aromatic rings. The van der Waals surface area contributed by atoms with Crippen LogP contribution >= 0.6 is 11.8 Å². The molecule has 0 aromatic heterocycles. The van der Waals surface area contributed by atoms with Gasteiger partial charge in [-0.25, -0.2) is 4.79 Å². The molecule has 0 unspecified atom stereocenters. The standard InChI is InChI=1S/C15H26N2O3S/c1-21-15(8-3-2-4-9-15)11-16-14(20)17(12-5-6-12)10-7-13(18)19/h12H,2-11H2,1H3,(H,16,20)(H,18,19). The molecule has 2 N–H and O–H groups in total. The van der Waals surface area contributed by atoms with Crippen LogP contribution in [0.15, 0.2) is 0 Å². The van der Waals surface area contributed by atoms with Crippen LogP contribution in [0.1, 0.15) is 51.4 Å². The molecule has 0 spiro atoms. The highest BCUT2D eigenvalue weighted by molar-refractivity contribution is 8.00. The van der Waals surface area contributed by atoms with Gasteiger partial charge in [0.25, 0.3) is 0 Å². The number of aliphatic carboxylic acids is 1. The number of hydrogen-bond donors (Lipinski definition) is 2. The van der Waals surface area contributed by atoms with Gasteiger partial charge >= 0.3 is 12.0 Å². The Morgan fingerprint density at radius 1 is 1.29 bits per heavy atom. The fourth-order valence-electron chi connectivity index (χ4n) is 3.04. The largest absolute Gasteiger partial charge is 0.481 e. The Morgan fingerprint density at radius 3 is 2.48 bits per heavy atom. The lowest BCUT2D eigenvalue weighted by Gasteiger charge is -2.36. The van der Waals surface area contributed by atoms with Gasteiger partial charge in [-0.3, -0.25) is 4.79 Å². The summed E-state index contributed by atoms with van der Waals surface area (Å²) in [5, 5.41) is 11.9. The second kappa shape index (κ2) is 7.38. The molecule has 0 aromatic carbocycles. The van der Waals surface area contributed by atoms with Gasteiger partial charge in [0.05, 0.1) is 6.42 Å². The van der Waals surface area contributed by atoms with Crippen molar-refractivity contribution in [2.75, 3.05) is 19.3 Å². The minimum Gasteiger partial charge on any atom is -0.481 e. The summed E-state index contributed by atoms with van der Waals surface area (Å²) in [7, 11) is 0. The molecular weight excluding hydrogens is 288 g/mol. The number of carboxylic acids is 1. The number of hydrogen-bond acceptors (Lipinski definition) is 3. The van der Waals surface area contributed by atoms with Crippen molar-refractivity contribution < 1.29 is 14.7 Å². The average Bonchev–Trinajstić information content (AvgIpc) is 3.31. The molecule has 120 valence electrons. The van der Waals surface area contributed by atoms with Crippen molar-refractivity contribution in [1.29, 1.82) is 0 Å². The fraction of sp³-hybridized carbons (Fsp3) is 0.867. The van der Waals surface area contributed by atoms with E-state index in [1.54, 1.807) is 4.90 Å². The van der Waals surface area contributed by atoms with Crippen LogP contribution in [-0.2, 0) is 4.79 Å². The maximum absolute atomic E-state index is 12.4. The van der Waals surface area contributed by atoms with Crippen molar-refractivity contribution in [2.45, 2.75) is 62.2 Å². The number of nitrogens with zero attached hydrogens (tertiary/aromatic N) is 1. The van der Waals surface area contributed by atoms with Gasteiger partial charge in [-0.05, 0) is 31.9 Å². The van der Waals surface area contributed by atoms with Crippen LogP contribution in [0.4, 0.5) is 4.79 Å². The summed E-state index contributed by atoms with van der Waals surface area (Å²) in [4.78, 5) is 24.8. The van der Waals surface area contributed by atoms with Crippen LogP contribution in [0.5, 0.6) is 0 Å². The zero-order valence-corrected chi connectivity index (χ0v) is 13.6. The third kappa shape index (κ3) is 4.80. The molecule has 2 fully saturated rings. The average molecular weight is 314 g/mol. The van der Waals surface area contributed by atoms with E-state index in [4.69, 9.17) is 5.11 Å². The maximum Gasteiger partial charge on any atom is 0.317 e. The third-order valence-corrected chi connectivity index (χ3v) is 5.99. The molecule has 21 heavy (non-hydrogen) atoms. The van der Waals surface area contributed by atoms with Gasteiger partial charge in [-0.15, -0.1) is 0 Å². The Kier molecular flexibility index (Phi) is 5.79. The Morgan fingerprint density at radius 2 is 1.95 bits per heavy atom. The number of carbonyl (C=O) groups excluding carboxylic acids is 1. The zero-order chi connectivity index (χ0) is 15.3. The Hall–Kier alpha value is -0.910. The smallest absolute Gasteiger partial charge is 0.317 e. The van der Waals surface area contributed by atoms with Gasteiger partial charge < -0.3 is 15.3 Å². The number of rotatable bonds is 7. The fourth-order valence-corrected chi connectivity index (χ4v) is 3.95. The quantitative estimate of drug-likeness (QED) is 0.758. The van der Waals surface area contributed by atoms with E-state index in [0.29, 0.717) is 13.1 Å². The first-order valence-corrected chi connectivity index (χ1v) is 9.10. The molecule has 2 saturated carbocycles. The van der Waals surface area contributed by atoms with E-state index in [9.17, 15) is 9.59 Å². The van der Waals surface area contributed by atoms with E-state index in [1.165, 1.54) is 19.3 Å². The lowest BCUT2D eigenvalue weighted by atomic mass is 9.88. The van der Waals surface area contributed by atoms with Gasteiger partial charge in [-0.1, -0.05) is 19.3 Å². The van der Waals surface area contributed by atoms with E-state index < -0.39 is 5.97 Å². The number of amides is 2. The first-order chi connectivity index (χ1) is 10.1. The molecule has 2 aliphatic carbocycles. The summed E-state index contributed by atoms with van der Waals surface area (Å²) in [6.45, 7) is 1.02. The van der Waals surface area contributed by atoms with Crippen LogP contribution in [0.3, 0.4) is 0 Å². The molecule has 0 bridgehead atoms. The van der Waals surface area contributed by atoms with Gasteiger partial charge in [0.1, 0.15) is 0 Å². The highest BCUT2D eigenvalue weighted by Crippen LogP contribution is 2.38. The van der Waals surface area contributed by atoms with Crippen LogP contribution < -0.4 is 5.32 Å². The Labute approximate surface area is 130 Å². The molecule has 0 heterocycles. The molecule has 2 rings (SSSR count). The number of thioether (sulfide) groups is 1. The number of carbonyl (C=O) groups is 2. The van der Waals surface area contributed by atoms with Crippen molar-refractivity contribution >= 4 is 23.8 Å². The van der Waals surface area contributed by atoms with Gasteiger partial charge in [0, 0.05) is 23.9 Å². The maximum atomic E-state index is 12.4. The molecule has 6 heteroatoms. The number of carboxylic acid groups (broad SMARTS) is 1. The van der Waals surface area contributed by atoms with Crippen LogP contribution in [0.2, 0.25) is 0 Å². The van der Waals surface area contributed by atoms with Crippen molar-refractivity contribution in [3.63, 3.8) is 0 Å². The molecule has 2 aliphatic rings. The monoisotopic (exact) mass is 314 g/mol. The molecule has 0 atom stereocenters. The molecule has 0 saturated heterocycles. The lowest BCUT2D eigenvalue weighted by Crippen LogP contribution is -2.48. The molecular formula is C15H26N2O3S. The number of urea groups is 1.